The summed E-state index contributed by atoms with van der Waals surface area (Å²) in [4.78, 5) is 27.1. The van der Waals surface area contributed by atoms with Gasteiger partial charge in [-0.1, -0.05) is 42.5 Å². The second kappa shape index (κ2) is 6.81. The molecule has 6 heteroatoms. The monoisotopic (exact) mass is 377 g/mol. The Bertz CT molecular complexity index is 1080. The number of anilines is 1. The molecule has 0 saturated carbocycles. The number of rotatable bonds is 3. The third-order valence-electron chi connectivity index (χ3n) is 4.44. The van der Waals surface area contributed by atoms with Gasteiger partial charge in [0.25, 0.3) is 5.91 Å². The maximum Gasteiger partial charge on any atom is 0.335 e. The molecule has 27 heavy (non-hydrogen) atoms. The number of aromatic carboxylic acids is 1. The molecule has 1 aliphatic heterocycles. The molecule has 0 saturated heterocycles. The van der Waals surface area contributed by atoms with Gasteiger partial charge >= 0.3 is 5.97 Å². The van der Waals surface area contributed by atoms with E-state index >= 15 is 0 Å². The van der Waals surface area contributed by atoms with E-state index in [1.54, 1.807) is 24.3 Å². The zero-order valence-electron chi connectivity index (χ0n) is 14.2. The Kier molecular flexibility index (Phi) is 4.33. The molecule has 0 unspecified atom stereocenters. The molecule has 3 aromatic rings. The highest BCUT2D eigenvalue weighted by Crippen LogP contribution is 2.36. The summed E-state index contributed by atoms with van der Waals surface area (Å²) in [6.07, 6.45) is 0. The van der Waals surface area contributed by atoms with E-state index in [9.17, 15) is 18.9 Å². The van der Waals surface area contributed by atoms with Crippen molar-refractivity contribution in [2.45, 2.75) is 16.3 Å². The van der Waals surface area contributed by atoms with Gasteiger partial charge in [0.15, 0.2) is 0 Å². The van der Waals surface area contributed by atoms with Gasteiger partial charge in [0, 0.05) is 0 Å². The predicted molar refractivity (Wildman–Crippen MR) is 101 cm³/mol. The van der Waals surface area contributed by atoms with Gasteiger partial charge in [-0.15, -0.1) is 0 Å². The topological polar surface area (TPSA) is 74.7 Å². The van der Waals surface area contributed by atoms with Crippen LogP contribution in [0.4, 0.5) is 5.69 Å². The normalized spacial score (nSPS) is 15.6. The summed E-state index contributed by atoms with van der Waals surface area (Å²) in [5.74, 6) is -1.40. The summed E-state index contributed by atoms with van der Waals surface area (Å²) in [6.45, 7) is 0.251. The van der Waals surface area contributed by atoms with Crippen molar-refractivity contribution in [3.05, 3.63) is 89.5 Å². The average Bonchev–Trinajstić information content (AvgIpc) is 2.78. The lowest BCUT2D eigenvalue weighted by molar-refractivity contribution is 0.0696. The lowest BCUT2D eigenvalue weighted by Gasteiger charge is -2.23. The lowest BCUT2D eigenvalue weighted by Crippen LogP contribution is -2.30. The average molecular weight is 377 g/mol. The number of carbonyl (C=O) groups is 2. The molecule has 1 atom stereocenters. The molecule has 134 valence electrons. The molecular weight excluding hydrogens is 362 g/mol. The second-order valence-electron chi connectivity index (χ2n) is 6.13. The van der Waals surface area contributed by atoms with Crippen LogP contribution >= 0.6 is 0 Å². The summed E-state index contributed by atoms with van der Waals surface area (Å²) in [5, 5.41) is 9.36. The molecule has 3 aromatic carbocycles. The van der Waals surface area contributed by atoms with Crippen LogP contribution in [0.2, 0.25) is 0 Å². The van der Waals surface area contributed by atoms with E-state index in [1.165, 1.54) is 23.1 Å². The first-order chi connectivity index (χ1) is 13.1. The number of carbonyl (C=O) groups excluding carboxylic acids is 1. The first-order valence-corrected chi connectivity index (χ1v) is 9.45. The largest absolute Gasteiger partial charge is 0.478 e. The Balaban J connectivity index is 1.94. The molecule has 5 nitrogen and oxygen atoms in total. The van der Waals surface area contributed by atoms with Crippen LogP contribution in [0.1, 0.15) is 26.3 Å². The maximum atomic E-state index is 13.3. The van der Waals surface area contributed by atoms with Crippen LogP contribution < -0.4 is 4.90 Å². The third kappa shape index (κ3) is 3.04. The first-order valence-electron chi connectivity index (χ1n) is 8.30. The Morgan fingerprint density at radius 2 is 1.63 bits per heavy atom. The van der Waals surface area contributed by atoms with Crippen molar-refractivity contribution in [2.75, 3.05) is 4.90 Å². The number of nitrogens with zero attached hydrogens (tertiary/aromatic N) is 1. The number of hydrogen-bond acceptors (Lipinski definition) is 3. The number of carboxylic acids is 1. The number of fused-ring (bicyclic) bond motifs is 2. The molecule has 1 heterocycles. The molecule has 1 aliphatic rings. The van der Waals surface area contributed by atoms with Crippen molar-refractivity contribution in [1.82, 2.24) is 0 Å². The molecule has 0 aliphatic carbocycles. The van der Waals surface area contributed by atoms with Crippen molar-refractivity contribution in [3.8, 4) is 0 Å². The van der Waals surface area contributed by atoms with E-state index in [2.05, 4.69) is 0 Å². The molecule has 1 amide bonds. The van der Waals surface area contributed by atoms with Crippen molar-refractivity contribution >= 4 is 28.4 Å². The summed E-state index contributed by atoms with van der Waals surface area (Å²) >= 11 is 0. The molecule has 0 fully saturated rings. The molecule has 0 spiro atoms. The Labute approximate surface area is 158 Å². The first kappa shape index (κ1) is 17.2. The van der Waals surface area contributed by atoms with Gasteiger partial charge in [0.05, 0.1) is 43.9 Å². The van der Waals surface area contributed by atoms with E-state index in [1.807, 2.05) is 30.3 Å². The predicted octanol–water partition coefficient (Wildman–Crippen LogP) is 3.71. The van der Waals surface area contributed by atoms with E-state index in [0.717, 1.165) is 5.56 Å². The van der Waals surface area contributed by atoms with Gasteiger partial charge in [-0.3, -0.25) is 4.79 Å². The van der Waals surface area contributed by atoms with Crippen LogP contribution in [-0.2, 0) is 17.3 Å². The van der Waals surface area contributed by atoms with Crippen LogP contribution in [-0.4, -0.2) is 21.2 Å². The smallest absolute Gasteiger partial charge is 0.335 e. The van der Waals surface area contributed by atoms with Crippen molar-refractivity contribution in [3.63, 3.8) is 0 Å². The summed E-state index contributed by atoms with van der Waals surface area (Å²) < 4.78 is 13.1. The van der Waals surface area contributed by atoms with Gasteiger partial charge in [-0.2, -0.15) is 0 Å². The van der Waals surface area contributed by atoms with E-state index < -0.39 is 16.8 Å². The van der Waals surface area contributed by atoms with Crippen LogP contribution in [0.15, 0.2) is 82.6 Å². The highest BCUT2D eigenvalue weighted by molar-refractivity contribution is 7.85. The molecule has 0 bridgehead atoms. The van der Waals surface area contributed by atoms with Crippen LogP contribution in [0, 0.1) is 0 Å². The quantitative estimate of drug-likeness (QED) is 0.755. The van der Waals surface area contributed by atoms with Gasteiger partial charge in [0.1, 0.15) is 0 Å². The van der Waals surface area contributed by atoms with E-state index in [-0.39, 0.29) is 18.0 Å². The fraction of sp³-hybridized carbons (Fsp3) is 0.0476. The van der Waals surface area contributed by atoms with Crippen LogP contribution in [0.3, 0.4) is 0 Å². The minimum atomic E-state index is -1.58. The van der Waals surface area contributed by atoms with Crippen LogP contribution in [0.25, 0.3) is 0 Å². The SMILES string of the molecule is O=C(O)c1ccc2c(c1)N(Cc1ccccc1)C(=O)c1ccccc1[S@@]2=O. The molecule has 0 aromatic heterocycles. The van der Waals surface area contributed by atoms with Gasteiger partial charge in [-0.25, -0.2) is 9.00 Å². The minimum absolute atomic E-state index is 0.0440. The summed E-state index contributed by atoms with van der Waals surface area (Å²) in [6, 6.07) is 20.6. The lowest BCUT2D eigenvalue weighted by atomic mass is 10.1. The standard InChI is InChI=1S/C21H15NO4S/c23-20-16-8-4-5-9-18(16)27(26)19-11-10-15(21(24)25)12-17(19)22(20)13-14-6-2-1-3-7-14/h1-12H,13H2,(H,24,25)/t27-/m0/s1. The Hall–Kier alpha value is -3.25. The van der Waals surface area contributed by atoms with Gasteiger partial charge < -0.3 is 10.0 Å². The van der Waals surface area contributed by atoms with Crippen LogP contribution in [0.5, 0.6) is 0 Å². The Morgan fingerprint density at radius 1 is 0.926 bits per heavy atom. The zero-order valence-corrected chi connectivity index (χ0v) is 15.0. The van der Waals surface area contributed by atoms with E-state index in [4.69, 9.17) is 0 Å². The molecule has 1 N–H and O–H groups in total. The highest BCUT2D eigenvalue weighted by Gasteiger charge is 2.31. The van der Waals surface area contributed by atoms with Crippen molar-refractivity contribution < 1.29 is 18.9 Å². The van der Waals surface area contributed by atoms with Gasteiger partial charge in [0.2, 0.25) is 0 Å². The fourth-order valence-electron chi connectivity index (χ4n) is 3.12. The number of hydrogen-bond donors (Lipinski definition) is 1. The Morgan fingerprint density at radius 3 is 2.37 bits per heavy atom. The highest BCUT2D eigenvalue weighted by atomic mass is 32.2. The second-order valence-corrected chi connectivity index (χ2v) is 7.55. The molecule has 4 rings (SSSR count). The molecular formula is C21H15NO4S. The molecule has 0 radical (unpaired) electrons. The summed E-state index contributed by atoms with van der Waals surface area (Å²) in [7, 11) is -1.58. The van der Waals surface area contributed by atoms with Crippen molar-refractivity contribution in [1.29, 1.82) is 0 Å². The zero-order chi connectivity index (χ0) is 19.0. The van der Waals surface area contributed by atoms with Crippen molar-refractivity contribution in [2.24, 2.45) is 0 Å². The van der Waals surface area contributed by atoms with Gasteiger partial charge in [-0.05, 0) is 35.9 Å². The number of amides is 1. The number of carboxylic acid groups (broad SMARTS) is 1. The van der Waals surface area contributed by atoms with E-state index in [0.29, 0.717) is 21.0 Å². The third-order valence-corrected chi connectivity index (χ3v) is 5.94. The minimum Gasteiger partial charge on any atom is -0.478 e. The summed E-state index contributed by atoms with van der Waals surface area (Å²) in [5.41, 5.74) is 1.66. The number of benzene rings is 3. The maximum absolute atomic E-state index is 13.3. The fourth-order valence-corrected chi connectivity index (χ4v) is 4.46.